The molecule has 0 aliphatic carbocycles. The zero-order valence-electron chi connectivity index (χ0n) is 7.26. The van der Waals surface area contributed by atoms with Crippen LogP contribution >= 0.6 is 0 Å². The summed E-state index contributed by atoms with van der Waals surface area (Å²) in [7, 11) is 0. The zero-order valence-corrected chi connectivity index (χ0v) is 7.26. The van der Waals surface area contributed by atoms with Crippen molar-refractivity contribution in [2.24, 2.45) is 0 Å². The second-order valence-electron chi connectivity index (χ2n) is 2.60. The molecule has 1 aromatic heterocycles. The largest absolute Gasteiger partial charge is 0.219 e. The Kier molecular flexibility index (Phi) is 4.40. The highest BCUT2D eigenvalue weighted by molar-refractivity contribution is 4.94. The third-order valence-electron chi connectivity index (χ3n) is 1.38. The minimum atomic E-state index is 0. The Labute approximate surface area is 74.3 Å². The lowest BCUT2D eigenvalue weighted by Gasteiger charge is -1.99. The number of rotatable bonds is 2. The molecule has 68 valence electrons. The van der Waals surface area contributed by atoms with E-state index in [1.807, 2.05) is 13.8 Å². The van der Waals surface area contributed by atoms with Crippen molar-refractivity contribution in [3.63, 3.8) is 0 Å². The van der Waals surface area contributed by atoms with E-state index in [9.17, 15) is 0 Å². The molecule has 0 spiro atoms. The van der Waals surface area contributed by atoms with Crippen molar-refractivity contribution in [3.05, 3.63) is 17.5 Å². The van der Waals surface area contributed by atoms with Crippen molar-refractivity contribution in [2.75, 3.05) is 0 Å². The van der Waals surface area contributed by atoms with E-state index >= 15 is 0 Å². The molecule has 0 radical (unpaired) electrons. The van der Waals surface area contributed by atoms with Crippen LogP contribution in [0.25, 0.3) is 0 Å². The molecule has 0 saturated heterocycles. The van der Waals surface area contributed by atoms with Gasteiger partial charge in [0.25, 0.3) is 0 Å². The van der Waals surface area contributed by atoms with Gasteiger partial charge in [-0.05, 0) is 20.3 Å². The summed E-state index contributed by atoms with van der Waals surface area (Å²) in [6, 6.07) is 0. The van der Waals surface area contributed by atoms with E-state index in [4.69, 9.17) is 0 Å². The highest BCUT2D eigenvalue weighted by Gasteiger charge is 1.97. The second-order valence-corrected chi connectivity index (χ2v) is 2.60. The zero-order chi connectivity index (χ0) is 8.27. The number of aryl methyl sites for hydroxylation is 3. The van der Waals surface area contributed by atoms with Gasteiger partial charge in [0.2, 0.25) is 0 Å². The Morgan fingerprint density at radius 3 is 1.92 bits per heavy atom. The third-order valence-corrected chi connectivity index (χ3v) is 1.38. The first-order valence-corrected chi connectivity index (χ1v) is 3.90. The normalized spacial score (nSPS) is 9.25. The van der Waals surface area contributed by atoms with Gasteiger partial charge in [0.05, 0.1) is 0 Å². The lowest BCUT2D eigenvalue weighted by molar-refractivity contribution is 0.780. The van der Waals surface area contributed by atoms with E-state index in [1.165, 1.54) is 0 Å². The number of hydrogen-bond acceptors (Lipinski definition) is 3. The Hall–Kier alpha value is -0.990. The van der Waals surface area contributed by atoms with Crippen molar-refractivity contribution >= 4 is 0 Å². The van der Waals surface area contributed by atoms with E-state index in [2.05, 4.69) is 21.9 Å². The number of aromatic nitrogens is 3. The van der Waals surface area contributed by atoms with Gasteiger partial charge in [-0.2, -0.15) is 0 Å². The molecule has 0 N–H and O–H groups in total. The smallest absolute Gasteiger partial charge is 0.132 e. The minimum absolute atomic E-state index is 0. The van der Waals surface area contributed by atoms with Crippen LogP contribution in [0, 0.1) is 13.8 Å². The maximum Gasteiger partial charge on any atom is 0.132 e. The summed E-state index contributed by atoms with van der Waals surface area (Å²) >= 11 is 0. The summed E-state index contributed by atoms with van der Waals surface area (Å²) in [4.78, 5) is 12.5. The summed E-state index contributed by atoms with van der Waals surface area (Å²) in [6.45, 7) is 5.91. The summed E-state index contributed by atoms with van der Waals surface area (Å²) in [5.41, 5.74) is 0. The molecule has 0 aliphatic heterocycles. The van der Waals surface area contributed by atoms with Crippen molar-refractivity contribution in [1.29, 1.82) is 0 Å². The number of nitrogens with zero attached hydrogens (tertiary/aromatic N) is 3. The van der Waals surface area contributed by atoms with Crippen molar-refractivity contribution in [3.8, 4) is 0 Å². The van der Waals surface area contributed by atoms with Gasteiger partial charge in [0.1, 0.15) is 17.5 Å². The van der Waals surface area contributed by atoms with Gasteiger partial charge in [0.15, 0.2) is 0 Å². The van der Waals surface area contributed by atoms with E-state index < -0.39 is 0 Å². The molecule has 0 aromatic carbocycles. The standard InChI is InChI=1S/C8H13N3.CH4/c1-4-5-8-10-6(2)9-7(3)11-8;/h4-5H2,1-3H3;1H4. The molecule has 3 nitrogen and oxygen atoms in total. The van der Waals surface area contributed by atoms with Crippen LogP contribution in [0.4, 0.5) is 0 Å². The van der Waals surface area contributed by atoms with E-state index in [0.29, 0.717) is 0 Å². The predicted octanol–water partition coefficient (Wildman–Crippen LogP) is 2.08. The lowest BCUT2D eigenvalue weighted by Crippen LogP contribution is -2.01. The second kappa shape index (κ2) is 4.80. The molecule has 1 rings (SSSR count). The molecule has 0 amide bonds. The van der Waals surface area contributed by atoms with Crippen LogP contribution in [0.3, 0.4) is 0 Å². The SMILES string of the molecule is C.CCCc1nc(C)nc(C)n1. The monoisotopic (exact) mass is 167 g/mol. The van der Waals surface area contributed by atoms with Gasteiger partial charge >= 0.3 is 0 Å². The summed E-state index contributed by atoms with van der Waals surface area (Å²) in [5, 5.41) is 0. The van der Waals surface area contributed by atoms with Crippen LogP contribution in [0.1, 0.15) is 38.2 Å². The molecule has 0 atom stereocenters. The van der Waals surface area contributed by atoms with Crippen molar-refractivity contribution < 1.29 is 0 Å². The summed E-state index contributed by atoms with van der Waals surface area (Å²) in [6.07, 6.45) is 2.03. The van der Waals surface area contributed by atoms with Crippen LogP contribution < -0.4 is 0 Å². The van der Waals surface area contributed by atoms with Crippen LogP contribution in [-0.2, 0) is 6.42 Å². The summed E-state index contributed by atoms with van der Waals surface area (Å²) in [5.74, 6) is 2.56. The maximum absolute atomic E-state index is 4.20. The topological polar surface area (TPSA) is 38.7 Å². The fraction of sp³-hybridized carbons (Fsp3) is 0.667. The van der Waals surface area contributed by atoms with Crippen LogP contribution in [-0.4, -0.2) is 15.0 Å². The molecule has 0 bridgehead atoms. The van der Waals surface area contributed by atoms with Crippen molar-refractivity contribution in [2.45, 2.75) is 41.0 Å². The Morgan fingerprint density at radius 2 is 1.50 bits per heavy atom. The quantitative estimate of drug-likeness (QED) is 0.677. The van der Waals surface area contributed by atoms with Gasteiger partial charge in [0, 0.05) is 6.42 Å². The molecule has 0 saturated carbocycles. The fourth-order valence-corrected chi connectivity index (χ4v) is 1.02. The van der Waals surface area contributed by atoms with Crippen molar-refractivity contribution in [1.82, 2.24) is 15.0 Å². The van der Waals surface area contributed by atoms with E-state index in [1.54, 1.807) is 0 Å². The first-order chi connectivity index (χ1) is 5.22. The summed E-state index contributed by atoms with van der Waals surface area (Å²) < 4.78 is 0. The highest BCUT2D eigenvalue weighted by Crippen LogP contribution is 1.96. The highest BCUT2D eigenvalue weighted by atomic mass is 15.0. The first-order valence-electron chi connectivity index (χ1n) is 3.90. The van der Waals surface area contributed by atoms with Crippen LogP contribution in [0.2, 0.25) is 0 Å². The Bertz CT molecular complexity index is 225. The molecular weight excluding hydrogens is 150 g/mol. The van der Waals surface area contributed by atoms with Gasteiger partial charge in [-0.3, -0.25) is 0 Å². The minimum Gasteiger partial charge on any atom is -0.219 e. The van der Waals surface area contributed by atoms with Crippen LogP contribution in [0.15, 0.2) is 0 Å². The van der Waals surface area contributed by atoms with E-state index in [0.717, 1.165) is 30.3 Å². The molecular formula is C9H17N3. The lowest BCUT2D eigenvalue weighted by atomic mass is 10.3. The van der Waals surface area contributed by atoms with Crippen LogP contribution in [0.5, 0.6) is 0 Å². The van der Waals surface area contributed by atoms with E-state index in [-0.39, 0.29) is 7.43 Å². The molecule has 1 aromatic rings. The maximum atomic E-state index is 4.20. The first kappa shape index (κ1) is 11.0. The fourth-order valence-electron chi connectivity index (χ4n) is 1.02. The Morgan fingerprint density at radius 1 is 1.00 bits per heavy atom. The van der Waals surface area contributed by atoms with Gasteiger partial charge < -0.3 is 0 Å². The molecule has 0 aliphatic rings. The Balaban J connectivity index is 0.00000121. The molecule has 1 heterocycles. The predicted molar refractivity (Wildman–Crippen MR) is 50.0 cm³/mol. The molecule has 12 heavy (non-hydrogen) atoms. The van der Waals surface area contributed by atoms with Gasteiger partial charge in [-0.1, -0.05) is 14.4 Å². The molecule has 3 heteroatoms. The molecule has 0 unspecified atom stereocenters. The van der Waals surface area contributed by atoms with Gasteiger partial charge in [-0.15, -0.1) is 0 Å². The van der Waals surface area contributed by atoms with Gasteiger partial charge in [-0.25, -0.2) is 15.0 Å². The average Bonchev–Trinajstić information content (AvgIpc) is 1.85. The molecule has 0 fully saturated rings. The average molecular weight is 167 g/mol. The third kappa shape index (κ3) is 2.95. The number of hydrogen-bond donors (Lipinski definition) is 0.